The maximum Gasteiger partial charge on any atom is 0.490 e. The molecule has 8 nitrogen and oxygen atoms in total. The van der Waals surface area contributed by atoms with E-state index in [4.69, 9.17) is 20.7 Å². The van der Waals surface area contributed by atoms with Gasteiger partial charge in [0.25, 0.3) is 0 Å². The number of likely N-dealkylation sites (tertiary alicyclic amines) is 1. The van der Waals surface area contributed by atoms with Gasteiger partial charge in [-0.1, -0.05) is 12.1 Å². The van der Waals surface area contributed by atoms with Gasteiger partial charge in [-0.15, -0.1) is 0 Å². The van der Waals surface area contributed by atoms with Gasteiger partial charge in [0.15, 0.2) is 0 Å². The first-order valence-corrected chi connectivity index (χ1v) is 7.80. The minimum atomic E-state index is -5.08. The van der Waals surface area contributed by atoms with Crippen molar-refractivity contribution in [2.24, 2.45) is 5.73 Å². The number of rotatable bonds is 4. The highest BCUT2D eigenvalue weighted by Crippen LogP contribution is 2.19. The van der Waals surface area contributed by atoms with Crippen molar-refractivity contribution in [2.75, 3.05) is 6.54 Å². The highest BCUT2D eigenvalue weighted by atomic mass is 19.4. The third-order valence-electron chi connectivity index (χ3n) is 3.77. The molecule has 1 amide bonds. The molecule has 0 aromatic heterocycles. The number of phenolic OH excluding ortho intramolecular Hbond substituents is 1. The number of halogens is 3. The van der Waals surface area contributed by atoms with Crippen LogP contribution in [0.2, 0.25) is 0 Å². The average Bonchev–Trinajstić information content (AvgIpc) is 3.05. The van der Waals surface area contributed by atoms with E-state index in [2.05, 4.69) is 0 Å². The van der Waals surface area contributed by atoms with Crippen LogP contribution in [0.3, 0.4) is 0 Å². The highest BCUT2D eigenvalue weighted by Gasteiger charge is 2.38. The molecule has 1 aliphatic rings. The van der Waals surface area contributed by atoms with Gasteiger partial charge in [-0.2, -0.15) is 13.2 Å². The summed E-state index contributed by atoms with van der Waals surface area (Å²) < 4.78 is 31.7. The van der Waals surface area contributed by atoms with E-state index in [1.807, 2.05) is 0 Å². The Balaban J connectivity index is 0.000000445. The number of nitrogens with zero attached hydrogens (tertiary/aromatic N) is 1. The standard InChI is InChI=1S/C14H18N2O4.C2HF3O2/c15-11(8-9-3-5-10(17)6-4-9)13(18)16-7-1-2-12(16)14(19)20;3-2(4,5)1(6)7/h3-6,11-12,17H,1-2,7-8,15H2,(H,19,20);(H,6,7). The Kier molecular flexibility index (Phi) is 7.58. The lowest BCUT2D eigenvalue weighted by Crippen LogP contribution is -2.49. The van der Waals surface area contributed by atoms with Crippen LogP contribution in [-0.4, -0.2) is 62.9 Å². The van der Waals surface area contributed by atoms with Crippen LogP contribution >= 0.6 is 0 Å². The third-order valence-corrected chi connectivity index (χ3v) is 3.77. The van der Waals surface area contributed by atoms with Crippen LogP contribution in [-0.2, 0) is 20.8 Å². The second kappa shape index (κ2) is 9.21. The van der Waals surface area contributed by atoms with Crippen LogP contribution in [0.1, 0.15) is 18.4 Å². The van der Waals surface area contributed by atoms with Gasteiger partial charge in [-0.25, -0.2) is 9.59 Å². The van der Waals surface area contributed by atoms with Crippen LogP contribution in [0, 0.1) is 0 Å². The van der Waals surface area contributed by atoms with Gasteiger partial charge in [0, 0.05) is 6.54 Å². The zero-order valence-electron chi connectivity index (χ0n) is 14.0. The van der Waals surface area contributed by atoms with Crippen molar-refractivity contribution in [1.29, 1.82) is 0 Å². The number of amides is 1. The SMILES string of the molecule is NC(Cc1ccc(O)cc1)C(=O)N1CCCC1C(=O)O.O=C(O)C(F)(F)F. The van der Waals surface area contributed by atoms with Crippen molar-refractivity contribution in [1.82, 2.24) is 4.90 Å². The molecule has 0 saturated carbocycles. The number of aromatic hydroxyl groups is 1. The number of hydrogen-bond donors (Lipinski definition) is 4. The van der Waals surface area contributed by atoms with Crippen molar-refractivity contribution in [2.45, 2.75) is 37.5 Å². The molecule has 2 atom stereocenters. The summed E-state index contributed by atoms with van der Waals surface area (Å²) in [6.07, 6.45) is -3.59. The van der Waals surface area contributed by atoms with Crippen molar-refractivity contribution >= 4 is 17.8 Å². The molecule has 0 bridgehead atoms. The van der Waals surface area contributed by atoms with Crippen LogP contribution in [0.5, 0.6) is 5.75 Å². The Morgan fingerprint density at radius 3 is 2.15 bits per heavy atom. The Morgan fingerprint density at radius 1 is 1.19 bits per heavy atom. The number of carbonyl (C=O) groups excluding carboxylic acids is 1. The molecule has 27 heavy (non-hydrogen) atoms. The number of aliphatic carboxylic acids is 2. The van der Waals surface area contributed by atoms with Gasteiger partial charge >= 0.3 is 18.1 Å². The van der Waals surface area contributed by atoms with Crippen molar-refractivity contribution in [3.63, 3.8) is 0 Å². The minimum Gasteiger partial charge on any atom is -0.508 e. The molecule has 0 spiro atoms. The highest BCUT2D eigenvalue weighted by molar-refractivity contribution is 5.87. The van der Waals surface area contributed by atoms with E-state index < -0.39 is 30.2 Å². The number of carboxylic acids is 2. The lowest BCUT2D eigenvalue weighted by atomic mass is 10.0. The zero-order chi connectivity index (χ0) is 20.8. The lowest BCUT2D eigenvalue weighted by molar-refractivity contribution is -0.192. The second-order valence-electron chi connectivity index (χ2n) is 5.81. The summed E-state index contributed by atoms with van der Waals surface area (Å²) in [6, 6.07) is 4.93. The first kappa shape index (κ1) is 22.2. The summed E-state index contributed by atoms with van der Waals surface area (Å²) in [6.45, 7) is 0.444. The van der Waals surface area contributed by atoms with Crippen LogP contribution in [0.4, 0.5) is 13.2 Å². The average molecular weight is 392 g/mol. The molecule has 1 aromatic rings. The number of carbonyl (C=O) groups is 3. The Hall–Kier alpha value is -2.82. The molecule has 1 saturated heterocycles. The van der Waals surface area contributed by atoms with Gasteiger partial charge in [0.2, 0.25) is 5.91 Å². The Labute approximate surface area is 152 Å². The fraction of sp³-hybridized carbons (Fsp3) is 0.438. The van der Waals surface area contributed by atoms with Gasteiger partial charge < -0.3 is 26.0 Å². The molecule has 150 valence electrons. The number of benzene rings is 1. The molecule has 0 aliphatic carbocycles. The number of alkyl halides is 3. The van der Waals surface area contributed by atoms with E-state index in [1.54, 1.807) is 12.1 Å². The van der Waals surface area contributed by atoms with Crippen LogP contribution in [0.25, 0.3) is 0 Å². The molecule has 2 rings (SSSR count). The van der Waals surface area contributed by atoms with Gasteiger partial charge in [0.1, 0.15) is 11.8 Å². The predicted molar refractivity (Wildman–Crippen MR) is 85.8 cm³/mol. The monoisotopic (exact) mass is 392 g/mol. The fourth-order valence-corrected chi connectivity index (χ4v) is 2.47. The normalized spacial score (nSPS) is 17.6. The van der Waals surface area contributed by atoms with Crippen molar-refractivity contribution in [3.05, 3.63) is 29.8 Å². The summed E-state index contributed by atoms with van der Waals surface area (Å²) in [4.78, 5) is 33.5. The maximum absolute atomic E-state index is 12.2. The number of nitrogens with two attached hydrogens (primary N) is 1. The van der Waals surface area contributed by atoms with E-state index in [0.717, 1.165) is 5.56 Å². The predicted octanol–water partition coefficient (Wildman–Crippen LogP) is 0.971. The third kappa shape index (κ3) is 6.77. The first-order chi connectivity index (χ1) is 12.4. The van der Waals surface area contributed by atoms with Crippen LogP contribution < -0.4 is 5.73 Å². The molecule has 1 aromatic carbocycles. The molecular formula is C16H19F3N2O6. The zero-order valence-corrected chi connectivity index (χ0v) is 14.0. The maximum atomic E-state index is 12.2. The van der Waals surface area contributed by atoms with Gasteiger partial charge in [0.05, 0.1) is 6.04 Å². The molecule has 1 heterocycles. The number of carboxylic acid groups (broad SMARTS) is 2. The lowest BCUT2D eigenvalue weighted by Gasteiger charge is -2.24. The summed E-state index contributed by atoms with van der Waals surface area (Å²) >= 11 is 0. The fourth-order valence-electron chi connectivity index (χ4n) is 2.47. The van der Waals surface area contributed by atoms with E-state index in [-0.39, 0.29) is 11.7 Å². The number of hydrogen-bond acceptors (Lipinski definition) is 5. The summed E-state index contributed by atoms with van der Waals surface area (Å²) in [5.41, 5.74) is 6.71. The number of phenols is 1. The van der Waals surface area contributed by atoms with E-state index in [0.29, 0.717) is 25.8 Å². The Morgan fingerprint density at radius 2 is 1.70 bits per heavy atom. The molecular weight excluding hydrogens is 373 g/mol. The van der Waals surface area contributed by atoms with Crippen LogP contribution in [0.15, 0.2) is 24.3 Å². The molecule has 0 radical (unpaired) electrons. The van der Waals surface area contributed by atoms with E-state index in [1.165, 1.54) is 17.0 Å². The topological polar surface area (TPSA) is 141 Å². The second-order valence-corrected chi connectivity index (χ2v) is 5.81. The van der Waals surface area contributed by atoms with Gasteiger partial charge in [-0.05, 0) is 37.0 Å². The molecule has 11 heteroatoms. The van der Waals surface area contributed by atoms with E-state index >= 15 is 0 Å². The quantitative estimate of drug-likeness (QED) is 0.598. The smallest absolute Gasteiger partial charge is 0.490 e. The minimum absolute atomic E-state index is 0.152. The van der Waals surface area contributed by atoms with Crippen molar-refractivity contribution in [3.8, 4) is 5.75 Å². The summed E-state index contributed by atoms with van der Waals surface area (Å²) in [5.74, 6) is -3.91. The molecule has 5 N–H and O–H groups in total. The summed E-state index contributed by atoms with van der Waals surface area (Å²) in [7, 11) is 0. The largest absolute Gasteiger partial charge is 0.508 e. The first-order valence-electron chi connectivity index (χ1n) is 7.80. The van der Waals surface area contributed by atoms with Crippen molar-refractivity contribution < 1.29 is 42.9 Å². The molecule has 1 aliphatic heterocycles. The van der Waals surface area contributed by atoms with E-state index in [9.17, 15) is 27.9 Å². The summed E-state index contributed by atoms with van der Waals surface area (Å²) in [5, 5.41) is 25.4. The van der Waals surface area contributed by atoms with Gasteiger partial charge in [-0.3, -0.25) is 4.79 Å². The molecule has 2 unspecified atom stereocenters. The molecule has 1 fully saturated rings. The Bertz CT molecular complexity index is 678.